The van der Waals surface area contributed by atoms with Crippen molar-refractivity contribution in [2.24, 2.45) is 0 Å². The predicted octanol–water partition coefficient (Wildman–Crippen LogP) is 6.04. The van der Waals surface area contributed by atoms with Crippen LogP contribution >= 0.6 is 0 Å². The lowest BCUT2D eigenvalue weighted by molar-refractivity contribution is 0.565. The second-order valence-electron chi connectivity index (χ2n) is 7.50. The minimum atomic E-state index is 0. The van der Waals surface area contributed by atoms with Crippen molar-refractivity contribution >= 4 is 0 Å². The summed E-state index contributed by atoms with van der Waals surface area (Å²) in [6.07, 6.45) is 0. The van der Waals surface area contributed by atoms with Crippen molar-refractivity contribution in [2.45, 2.75) is 79.6 Å². The molecule has 0 spiro atoms. The van der Waals surface area contributed by atoms with Crippen molar-refractivity contribution in [1.82, 2.24) is 0 Å². The molecule has 0 aliphatic heterocycles. The Morgan fingerprint density at radius 3 is 1.28 bits per heavy atom. The Morgan fingerprint density at radius 2 is 1.06 bits per heavy atom. The Morgan fingerprint density at radius 1 is 0.722 bits per heavy atom. The molecule has 1 aromatic rings. The van der Waals surface area contributed by atoms with Crippen LogP contribution in [0, 0.1) is 0 Å². The summed E-state index contributed by atoms with van der Waals surface area (Å²) in [4.78, 5) is 0. The Balaban J connectivity index is 0.00000289. The van der Waals surface area contributed by atoms with E-state index in [4.69, 9.17) is 0 Å². The first-order valence-electron chi connectivity index (χ1n) is 6.68. The second-order valence-corrected chi connectivity index (χ2v) is 7.50. The standard InChI is InChI=1S/C17H28.CH4/c1-12(2)13-9-14(16(3,4)5)11-15(10-13)17(6,7)8;/h9-12H,1-8H3;1H4. The van der Waals surface area contributed by atoms with E-state index in [-0.39, 0.29) is 18.3 Å². The Labute approximate surface area is 115 Å². The van der Waals surface area contributed by atoms with Gasteiger partial charge >= 0.3 is 0 Å². The van der Waals surface area contributed by atoms with E-state index in [0.717, 1.165) is 0 Å². The maximum atomic E-state index is 2.38. The molecule has 0 heterocycles. The number of benzene rings is 1. The molecule has 1 aromatic carbocycles. The van der Waals surface area contributed by atoms with Gasteiger partial charge in [-0.15, -0.1) is 0 Å². The maximum absolute atomic E-state index is 2.38. The van der Waals surface area contributed by atoms with Gasteiger partial charge in [0.1, 0.15) is 0 Å². The minimum Gasteiger partial charge on any atom is -0.0776 e. The van der Waals surface area contributed by atoms with Crippen molar-refractivity contribution in [1.29, 1.82) is 0 Å². The largest absolute Gasteiger partial charge is 0.0776 e. The van der Waals surface area contributed by atoms with Crippen LogP contribution in [0.2, 0.25) is 0 Å². The number of rotatable bonds is 1. The first-order valence-corrected chi connectivity index (χ1v) is 6.68. The lowest BCUT2D eigenvalue weighted by atomic mass is 9.78. The van der Waals surface area contributed by atoms with Crippen molar-refractivity contribution in [3.8, 4) is 0 Å². The van der Waals surface area contributed by atoms with E-state index >= 15 is 0 Å². The Hall–Kier alpha value is -0.780. The smallest absolute Gasteiger partial charge is 0.0132 e. The third-order valence-corrected chi connectivity index (χ3v) is 3.35. The van der Waals surface area contributed by atoms with Gasteiger partial charge < -0.3 is 0 Å². The first-order chi connectivity index (χ1) is 7.51. The molecule has 0 radical (unpaired) electrons. The molecule has 0 nitrogen and oxygen atoms in total. The van der Waals surface area contributed by atoms with E-state index < -0.39 is 0 Å². The van der Waals surface area contributed by atoms with Crippen LogP contribution in [0.5, 0.6) is 0 Å². The molecule has 0 heteroatoms. The Kier molecular flexibility index (Phi) is 5.23. The van der Waals surface area contributed by atoms with Gasteiger partial charge in [-0.3, -0.25) is 0 Å². The van der Waals surface area contributed by atoms with Gasteiger partial charge in [-0.25, -0.2) is 0 Å². The molecule has 0 saturated heterocycles. The van der Waals surface area contributed by atoms with E-state index in [1.54, 1.807) is 0 Å². The quantitative estimate of drug-likeness (QED) is 0.568. The van der Waals surface area contributed by atoms with Crippen LogP contribution in [0.15, 0.2) is 18.2 Å². The van der Waals surface area contributed by atoms with Gasteiger partial charge in [0.25, 0.3) is 0 Å². The summed E-state index contributed by atoms with van der Waals surface area (Å²) >= 11 is 0. The first kappa shape index (κ1) is 17.2. The fourth-order valence-corrected chi connectivity index (χ4v) is 1.85. The monoisotopic (exact) mass is 248 g/mol. The van der Waals surface area contributed by atoms with Gasteiger partial charge in [0.15, 0.2) is 0 Å². The lowest BCUT2D eigenvalue weighted by Crippen LogP contribution is -2.17. The summed E-state index contributed by atoms with van der Waals surface area (Å²) in [5.41, 5.74) is 4.82. The highest BCUT2D eigenvalue weighted by Gasteiger charge is 2.20. The summed E-state index contributed by atoms with van der Waals surface area (Å²) in [6, 6.07) is 7.13. The van der Waals surface area contributed by atoms with Gasteiger partial charge in [0, 0.05) is 0 Å². The zero-order chi connectivity index (χ0) is 13.4. The zero-order valence-electron chi connectivity index (χ0n) is 12.8. The van der Waals surface area contributed by atoms with Crippen LogP contribution in [0.3, 0.4) is 0 Å². The number of hydrogen-bond donors (Lipinski definition) is 0. The molecule has 0 atom stereocenters. The predicted molar refractivity (Wildman–Crippen MR) is 84.7 cm³/mol. The average Bonchev–Trinajstić information content (AvgIpc) is 2.14. The maximum Gasteiger partial charge on any atom is -0.0132 e. The molecule has 0 aliphatic carbocycles. The van der Waals surface area contributed by atoms with Crippen molar-refractivity contribution in [3.05, 3.63) is 34.9 Å². The highest BCUT2D eigenvalue weighted by Crippen LogP contribution is 2.32. The normalized spacial score (nSPS) is 12.5. The highest BCUT2D eigenvalue weighted by atomic mass is 14.3. The van der Waals surface area contributed by atoms with E-state index in [1.807, 2.05) is 0 Å². The molecule has 0 amide bonds. The lowest BCUT2D eigenvalue weighted by Gasteiger charge is -2.27. The average molecular weight is 248 g/mol. The topological polar surface area (TPSA) is 0 Å². The van der Waals surface area contributed by atoms with Gasteiger partial charge in [-0.1, -0.05) is 81.0 Å². The van der Waals surface area contributed by atoms with E-state index in [9.17, 15) is 0 Å². The minimum absolute atomic E-state index is 0. The summed E-state index contributed by atoms with van der Waals surface area (Å²) in [6.45, 7) is 18.3. The second kappa shape index (κ2) is 5.47. The van der Waals surface area contributed by atoms with Crippen molar-refractivity contribution < 1.29 is 0 Å². The Bertz CT molecular complexity index is 351. The third-order valence-electron chi connectivity index (χ3n) is 3.35. The summed E-state index contributed by atoms with van der Waals surface area (Å²) in [7, 11) is 0. The van der Waals surface area contributed by atoms with Crippen LogP contribution in [0.25, 0.3) is 0 Å². The zero-order valence-corrected chi connectivity index (χ0v) is 12.8. The van der Waals surface area contributed by atoms with Crippen LogP contribution in [-0.2, 0) is 10.8 Å². The molecule has 0 bridgehead atoms. The van der Waals surface area contributed by atoms with E-state index in [1.165, 1.54) is 16.7 Å². The van der Waals surface area contributed by atoms with Gasteiger partial charge in [0.05, 0.1) is 0 Å². The molecule has 0 fully saturated rings. The molecule has 18 heavy (non-hydrogen) atoms. The highest BCUT2D eigenvalue weighted by molar-refractivity contribution is 5.38. The molecule has 0 unspecified atom stereocenters. The fourth-order valence-electron chi connectivity index (χ4n) is 1.85. The van der Waals surface area contributed by atoms with Crippen LogP contribution in [0.1, 0.15) is 85.4 Å². The van der Waals surface area contributed by atoms with Crippen LogP contribution in [0.4, 0.5) is 0 Å². The third kappa shape index (κ3) is 4.15. The van der Waals surface area contributed by atoms with Gasteiger partial charge in [-0.2, -0.15) is 0 Å². The molecular formula is C18H32. The molecule has 0 N–H and O–H groups in total. The molecule has 1 rings (SSSR count). The van der Waals surface area contributed by atoms with Crippen molar-refractivity contribution in [2.75, 3.05) is 0 Å². The molecular weight excluding hydrogens is 216 g/mol. The van der Waals surface area contributed by atoms with Gasteiger partial charge in [0.2, 0.25) is 0 Å². The molecule has 0 aliphatic rings. The fraction of sp³-hybridized carbons (Fsp3) is 0.667. The number of hydrogen-bond acceptors (Lipinski definition) is 0. The molecule has 0 saturated carbocycles. The van der Waals surface area contributed by atoms with E-state index in [0.29, 0.717) is 5.92 Å². The molecule has 104 valence electrons. The van der Waals surface area contributed by atoms with Crippen LogP contribution < -0.4 is 0 Å². The van der Waals surface area contributed by atoms with Crippen LogP contribution in [-0.4, -0.2) is 0 Å². The van der Waals surface area contributed by atoms with Crippen molar-refractivity contribution in [3.63, 3.8) is 0 Å². The summed E-state index contributed by atoms with van der Waals surface area (Å²) in [5, 5.41) is 0. The SMILES string of the molecule is C.CC(C)c1cc(C(C)(C)C)cc(C(C)(C)C)c1. The summed E-state index contributed by atoms with van der Waals surface area (Å²) < 4.78 is 0. The molecule has 0 aromatic heterocycles. The van der Waals surface area contributed by atoms with E-state index in [2.05, 4.69) is 73.6 Å². The summed E-state index contributed by atoms with van der Waals surface area (Å²) in [5.74, 6) is 0.596. The van der Waals surface area contributed by atoms with Gasteiger partial charge in [-0.05, 0) is 33.4 Å².